The molecule has 2 aliphatic rings. The maximum atomic E-state index is 13.3. The summed E-state index contributed by atoms with van der Waals surface area (Å²) in [5.41, 5.74) is 1.96. The van der Waals surface area contributed by atoms with Crippen molar-refractivity contribution in [3.05, 3.63) is 94.7 Å². The number of rotatable bonds is 3. The standard InChI is InChI=1S/C23H18ClN3O3/c24-18-6-4-17(5-7-18)23-14-20-19(2-1-10-25-20)22(29)27(23)12-11-26(23)21(28)8-3-16-9-13-30-15-16/h1-10,13,15H,11-12,14H2. The van der Waals surface area contributed by atoms with Crippen molar-refractivity contribution in [2.24, 2.45) is 0 Å². The van der Waals surface area contributed by atoms with E-state index in [-0.39, 0.29) is 11.8 Å². The van der Waals surface area contributed by atoms with Crippen molar-refractivity contribution in [2.45, 2.75) is 12.1 Å². The van der Waals surface area contributed by atoms with E-state index < -0.39 is 5.66 Å². The molecule has 3 aromatic rings. The Kier molecular flexibility index (Phi) is 4.44. The molecule has 0 radical (unpaired) electrons. The third-order valence-electron chi connectivity index (χ3n) is 5.75. The normalized spacial score (nSPS) is 20.5. The first-order valence-corrected chi connectivity index (χ1v) is 10.0. The summed E-state index contributed by atoms with van der Waals surface area (Å²) in [5, 5.41) is 0.595. The lowest BCUT2D eigenvalue weighted by Crippen LogP contribution is -2.58. The molecule has 2 amide bonds. The Bertz CT molecular complexity index is 1140. The highest BCUT2D eigenvalue weighted by Crippen LogP contribution is 2.44. The second-order valence-corrected chi connectivity index (χ2v) is 7.77. The van der Waals surface area contributed by atoms with Crippen LogP contribution in [0.15, 0.2) is 71.7 Å². The van der Waals surface area contributed by atoms with E-state index >= 15 is 0 Å². The van der Waals surface area contributed by atoms with Crippen molar-refractivity contribution in [3.63, 3.8) is 0 Å². The van der Waals surface area contributed by atoms with Gasteiger partial charge in [0.15, 0.2) is 0 Å². The Morgan fingerprint density at radius 1 is 1.17 bits per heavy atom. The lowest BCUT2D eigenvalue weighted by Gasteiger charge is -2.46. The lowest BCUT2D eigenvalue weighted by molar-refractivity contribution is -0.134. The highest BCUT2D eigenvalue weighted by atomic mass is 35.5. The molecule has 150 valence electrons. The topological polar surface area (TPSA) is 66.7 Å². The molecule has 0 spiro atoms. The number of benzene rings is 1. The number of halogens is 1. The zero-order chi connectivity index (χ0) is 20.7. The van der Waals surface area contributed by atoms with E-state index in [2.05, 4.69) is 4.98 Å². The molecule has 2 aliphatic heterocycles. The summed E-state index contributed by atoms with van der Waals surface area (Å²) in [4.78, 5) is 34.6. The maximum Gasteiger partial charge on any atom is 0.257 e. The number of nitrogens with zero attached hydrogens (tertiary/aromatic N) is 3. The molecule has 30 heavy (non-hydrogen) atoms. The molecule has 0 N–H and O–H groups in total. The summed E-state index contributed by atoms with van der Waals surface area (Å²) in [6, 6.07) is 12.6. The van der Waals surface area contributed by atoms with E-state index in [0.717, 1.165) is 11.1 Å². The van der Waals surface area contributed by atoms with Crippen molar-refractivity contribution in [2.75, 3.05) is 13.1 Å². The van der Waals surface area contributed by atoms with Gasteiger partial charge < -0.3 is 14.2 Å². The first kappa shape index (κ1) is 18.6. The number of hydrogen-bond donors (Lipinski definition) is 0. The van der Waals surface area contributed by atoms with Gasteiger partial charge in [0.05, 0.1) is 23.8 Å². The second kappa shape index (κ2) is 7.15. The van der Waals surface area contributed by atoms with Gasteiger partial charge in [-0.05, 0) is 42.0 Å². The van der Waals surface area contributed by atoms with Gasteiger partial charge in [-0.25, -0.2) is 0 Å². The molecule has 7 heteroatoms. The number of carbonyl (C=O) groups excluding carboxylic acids is 2. The van der Waals surface area contributed by atoms with Crippen molar-refractivity contribution >= 4 is 29.5 Å². The number of carbonyl (C=O) groups is 2. The minimum Gasteiger partial charge on any atom is -0.472 e. The third kappa shape index (κ3) is 2.83. The van der Waals surface area contributed by atoms with Gasteiger partial charge in [-0.15, -0.1) is 0 Å². The fourth-order valence-electron chi connectivity index (χ4n) is 4.38. The van der Waals surface area contributed by atoms with E-state index in [1.165, 1.54) is 6.08 Å². The summed E-state index contributed by atoms with van der Waals surface area (Å²) in [5.74, 6) is -0.297. The molecule has 1 atom stereocenters. The fraction of sp³-hybridized carbons (Fsp3) is 0.174. The zero-order valence-electron chi connectivity index (χ0n) is 16.0. The van der Waals surface area contributed by atoms with Crippen molar-refractivity contribution in [1.82, 2.24) is 14.8 Å². The van der Waals surface area contributed by atoms with Gasteiger partial charge >= 0.3 is 0 Å². The Morgan fingerprint density at radius 2 is 2.00 bits per heavy atom. The highest BCUT2D eigenvalue weighted by molar-refractivity contribution is 6.30. The number of furan rings is 1. The molecular weight excluding hydrogens is 402 g/mol. The summed E-state index contributed by atoms with van der Waals surface area (Å²) >= 11 is 6.11. The molecule has 0 saturated carbocycles. The van der Waals surface area contributed by atoms with Gasteiger partial charge in [0.1, 0.15) is 5.66 Å². The first-order chi connectivity index (χ1) is 14.6. The van der Waals surface area contributed by atoms with Gasteiger partial charge in [0, 0.05) is 42.4 Å². The molecule has 1 fully saturated rings. The minimum atomic E-state index is -0.944. The summed E-state index contributed by atoms with van der Waals surface area (Å²) in [6.07, 6.45) is 8.45. The van der Waals surface area contributed by atoms with E-state index in [0.29, 0.717) is 35.8 Å². The van der Waals surface area contributed by atoms with Gasteiger partial charge in [-0.2, -0.15) is 0 Å². The van der Waals surface area contributed by atoms with Crippen molar-refractivity contribution < 1.29 is 14.0 Å². The Hall–Kier alpha value is -3.38. The molecule has 2 aromatic heterocycles. The lowest BCUT2D eigenvalue weighted by atomic mass is 9.86. The van der Waals surface area contributed by atoms with E-state index in [4.69, 9.17) is 16.0 Å². The van der Waals surface area contributed by atoms with Crippen LogP contribution in [0.2, 0.25) is 5.02 Å². The van der Waals surface area contributed by atoms with Gasteiger partial charge in [-0.1, -0.05) is 23.7 Å². The van der Waals surface area contributed by atoms with E-state index in [9.17, 15) is 9.59 Å². The minimum absolute atomic E-state index is 0.117. The monoisotopic (exact) mass is 419 g/mol. The van der Waals surface area contributed by atoms with Crippen LogP contribution in [0.5, 0.6) is 0 Å². The quantitative estimate of drug-likeness (QED) is 0.606. The summed E-state index contributed by atoms with van der Waals surface area (Å²) in [7, 11) is 0. The van der Waals surface area contributed by atoms with Crippen LogP contribution >= 0.6 is 11.6 Å². The maximum absolute atomic E-state index is 13.3. The Labute approximate surface area is 178 Å². The van der Waals surface area contributed by atoms with Crippen LogP contribution in [0.25, 0.3) is 6.08 Å². The predicted octanol–water partition coefficient (Wildman–Crippen LogP) is 3.73. The van der Waals surface area contributed by atoms with Crippen LogP contribution in [0.1, 0.15) is 27.2 Å². The van der Waals surface area contributed by atoms with E-state index in [1.54, 1.807) is 64.9 Å². The molecule has 5 rings (SSSR count). The van der Waals surface area contributed by atoms with Crippen LogP contribution in [-0.2, 0) is 16.9 Å². The van der Waals surface area contributed by atoms with Crippen LogP contribution in [0.4, 0.5) is 0 Å². The molecular formula is C23H18ClN3O3. The summed E-state index contributed by atoms with van der Waals surface area (Å²) in [6.45, 7) is 0.873. The molecule has 6 nitrogen and oxygen atoms in total. The SMILES string of the molecule is O=C(C=Cc1ccoc1)N1CCN2C(=O)c3cccnc3CC12c1ccc(Cl)cc1. The smallest absolute Gasteiger partial charge is 0.257 e. The number of aromatic nitrogens is 1. The molecule has 1 aromatic carbocycles. The fourth-order valence-corrected chi connectivity index (χ4v) is 4.50. The molecule has 4 heterocycles. The van der Waals surface area contributed by atoms with Gasteiger partial charge in [-0.3, -0.25) is 14.6 Å². The summed E-state index contributed by atoms with van der Waals surface area (Å²) < 4.78 is 5.06. The number of fused-ring (bicyclic) bond motifs is 2. The average Bonchev–Trinajstić information content (AvgIpc) is 3.41. The highest BCUT2D eigenvalue weighted by Gasteiger charge is 2.55. The van der Waals surface area contributed by atoms with Crippen molar-refractivity contribution in [3.8, 4) is 0 Å². The van der Waals surface area contributed by atoms with Crippen molar-refractivity contribution in [1.29, 1.82) is 0 Å². The van der Waals surface area contributed by atoms with Crippen LogP contribution < -0.4 is 0 Å². The number of amides is 2. The predicted molar refractivity (Wildman–Crippen MR) is 112 cm³/mol. The number of hydrogen-bond acceptors (Lipinski definition) is 4. The Morgan fingerprint density at radius 3 is 2.77 bits per heavy atom. The molecule has 1 unspecified atom stereocenters. The molecule has 0 aliphatic carbocycles. The number of pyridine rings is 1. The second-order valence-electron chi connectivity index (χ2n) is 7.33. The van der Waals surface area contributed by atoms with Crippen LogP contribution in [-0.4, -0.2) is 39.7 Å². The Balaban J connectivity index is 1.62. The van der Waals surface area contributed by atoms with E-state index in [1.807, 2.05) is 12.1 Å². The first-order valence-electron chi connectivity index (χ1n) is 9.63. The molecule has 0 bridgehead atoms. The van der Waals surface area contributed by atoms with Gasteiger partial charge in [0.25, 0.3) is 5.91 Å². The third-order valence-corrected chi connectivity index (χ3v) is 6.01. The van der Waals surface area contributed by atoms with Crippen LogP contribution in [0.3, 0.4) is 0 Å². The molecule has 1 saturated heterocycles. The van der Waals surface area contributed by atoms with Crippen LogP contribution in [0, 0.1) is 0 Å². The van der Waals surface area contributed by atoms with Gasteiger partial charge in [0.2, 0.25) is 5.91 Å². The largest absolute Gasteiger partial charge is 0.472 e. The average molecular weight is 420 g/mol. The zero-order valence-corrected chi connectivity index (χ0v) is 16.7.